The Morgan fingerprint density at radius 3 is 2.76 bits per heavy atom. The van der Waals surface area contributed by atoms with E-state index in [0.29, 0.717) is 17.0 Å². The number of amides is 3. The van der Waals surface area contributed by atoms with Crippen LogP contribution in [0, 0.1) is 11.3 Å². The van der Waals surface area contributed by atoms with Gasteiger partial charge in [-0.15, -0.1) is 0 Å². The Hall–Kier alpha value is -2.55. The molecule has 0 bridgehead atoms. The van der Waals surface area contributed by atoms with Gasteiger partial charge in [-0.25, -0.2) is 9.69 Å². The van der Waals surface area contributed by atoms with E-state index in [9.17, 15) is 9.59 Å². The summed E-state index contributed by atoms with van der Waals surface area (Å²) in [6.07, 6.45) is 0. The van der Waals surface area contributed by atoms with E-state index in [2.05, 4.69) is 5.32 Å². The number of ether oxygens (including phenoxy) is 1. The van der Waals surface area contributed by atoms with Gasteiger partial charge in [-0.1, -0.05) is 0 Å². The van der Waals surface area contributed by atoms with E-state index in [-0.39, 0.29) is 12.5 Å². The van der Waals surface area contributed by atoms with Crippen LogP contribution < -0.4 is 15.0 Å². The maximum Gasteiger partial charge on any atom is 0.329 e. The molecule has 0 spiro atoms. The van der Waals surface area contributed by atoms with Crippen LogP contribution in [0.3, 0.4) is 0 Å². The quantitative estimate of drug-likeness (QED) is 0.756. The third-order valence-electron chi connectivity index (χ3n) is 2.39. The number of rotatable bonds is 2. The highest BCUT2D eigenvalue weighted by Gasteiger charge is 2.32. The van der Waals surface area contributed by atoms with Gasteiger partial charge in [0.1, 0.15) is 5.75 Å². The average Bonchev–Trinajstić information content (AvgIpc) is 2.68. The van der Waals surface area contributed by atoms with Crippen LogP contribution in [-0.2, 0) is 4.79 Å². The number of hydrogen-bond acceptors (Lipinski definition) is 4. The van der Waals surface area contributed by atoms with Gasteiger partial charge in [0.25, 0.3) is 5.91 Å². The number of carbonyl (C=O) groups excluding carboxylic acids is 2. The summed E-state index contributed by atoms with van der Waals surface area (Å²) in [5.74, 6) is -0.0348. The van der Waals surface area contributed by atoms with Crippen LogP contribution in [0.15, 0.2) is 18.2 Å². The van der Waals surface area contributed by atoms with Crippen LogP contribution >= 0.6 is 0 Å². The van der Waals surface area contributed by atoms with Gasteiger partial charge < -0.3 is 10.1 Å². The lowest BCUT2D eigenvalue weighted by molar-refractivity contribution is -0.115. The molecule has 0 unspecified atom stereocenters. The highest BCUT2D eigenvalue weighted by atomic mass is 16.5. The number of urea groups is 1. The Kier molecular flexibility index (Phi) is 2.66. The SMILES string of the molecule is COc1cc(C#N)ccc1N1C(=O)CNC1=O. The van der Waals surface area contributed by atoms with Crippen molar-refractivity contribution in [2.45, 2.75) is 0 Å². The van der Waals surface area contributed by atoms with Crippen molar-refractivity contribution in [3.63, 3.8) is 0 Å². The summed E-state index contributed by atoms with van der Waals surface area (Å²) in [7, 11) is 1.42. The first-order valence-electron chi connectivity index (χ1n) is 4.86. The van der Waals surface area contributed by atoms with E-state index in [1.165, 1.54) is 25.3 Å². The lowest BCUT2D eigenvalue weighted by Crippen LogP contribution is -2.31. The lowest BCUT2D eigenvalue weighted by atomic mass is 10.2. The molecule has 0 atom stereocenters. The second kappa shape index (κ2) is 4.14. The normalized spacial score (nSPS) is 14.5. The fourth-order valence-corrected chi connectivity index (χ4v) is 1.60. The van der Waals surface area contributed by atoms with E-state index in [1.807, 2.05) is 6.07 Å². The molecule has 2 rings (SSSR count). The maximum atomic E-state index is 11.5. The molecule has 1 aliphatic rings. The lowest BCUT2D eigenvalue weighted by Gasteiger charge is -2.15. The topological polar surface area (TPSA) is 82.4 Å². The number of benzene rings is 1. The molecule has 17 heavy (non-hydrogen) atoms. The molecule has 0 saturated carbocycles. The average molecular weight is 231 g/mol. The Labute approximate surface area is 97.4 Å². The molecule has 1 saturated heterocycles. The summed E-state index contributed by atoms with van der Waals surface area (Å²) in [6.45, 7) is -0.0258. The van der Waals surface area contributed by atoms with Crippen molar-refractivity contribution < 1.29 is 14.3 Å². The van der Waals surface area contributed by atoms with Crippen LogP contribution in [0.25, 0.3) is 0 Å². The smallest absolute Gasteiger partial charge is 0.329 e. The number of nitrogens with zero attached hydrogens (tertiary/aromatic N) is 2. The van der Waals surface area contributed by atoms with E-state index < -0.39 is 6.03 Å². The molecule has 1 aliphatic heterocycles. The van der Waals surface area contributed by atoms with Gasteiger partial charge in [0.05, 0.1) is 31.0 Å². The van der Waals surface area contributed by atoms with Crippen molar-refractivity contribution in [2.24, 2.45) is 0 Å². The first-order valence-corrected chi connectivity index (χ1v) is 4.86. The minimum atomic E-state index is -0.488. The summed E-state index contributed by atoms with van der Waals surface area (Å²) < 4.78 is 5.07. The summed E-state index contributed by atoms with van der Waals surface area (Å²) >= 11 is 0. The third kappa shape index (κ3) is 1.78. The number of anilines is 1. The Balaban J connectivity index is 2.48. The Morgan fingerprint density at radius 1 is 1.47 bits per heavy atom. The number of nitriles is 1. The fraction of sp³-hybridized carbons (Fsp3) is 0.182. The molecular formula is C11H9N3O3. The molecule has 1 heterocycles. The van der Waals surface area contributed by atoms with Crippen LogP contribution in [0.2, 0.25) is 0 Å². The van der Waals surface area contributed by atoms with Crippen molar-refractivity contribution >= 4 is 17.6 Å². The van der Waals surface area contributed by atoms with E-state index >= 15 is 0 Å². The maximum absolute atomic E-state index is 11.5. The highest BCUT2D eigenvalue weighted by Crippen LogP contribution is 2.30. The summed E-state index contributed by atoms with van der Waals surface area (Å²) in [6, 6.07) is 5.99. The molecule has 1 aromatic carbocycles. The highest BCUT2D eigenvalue weighted by molar-refractivity contribution is 6.20. The standard InChI is InChI=1S/C11H9N3O3/c1-17-9-4-7(5-12)2-3-8(9)14-10(15)6-13-11(14)16/h2-4H,6H2,1H3,(H,13,16). The molecule has 0 aromatic heterocycles. The molecular weight excluding hydrogens is 222 g/mol. The van der Waals surface area contributed by atoms with Crippen LogP contribution in [0.4, 0.5) is 10.5 Å². The summed E-state index contributed by atoms with van der Waals surface area (Å²) in [4.78, 5) is 24.0. The predicted molar refractivity (Wildman–Crippen MR) is 58.6 cm³/mol. The molecule has 86 valence electrons. The van der Waals surface area contributed by atoms with E-state index in [4.69, 9.17) is 10.00 Å². The minimum Gasteiger partial charge on any atom is -0.495 e. The van der Waals surface area contributed by atoms with Crippen molar-refractivity contribution in [1.82, 2.24) is 5.32 Å². The molecule has 1 N–H and O–H groups in total. The fourth-order valence-electron chi connectivity index (χ4n) is 1.60. The summed E-state index contributed by atoms with van der Waals surface area (Å²) in [5, 5.41) is 11.2. The van der Waals surface area contributed by atoms with E-state index in [1.54, 1.807) is 0 Å². The van der Waals surface area contributed by atoms with Crippen LogP contribution in [0.1, 0.15) is 5.56 Å². The van der Waals surface area contributed by atoms with E-state index in [0.717, 1.165) is 4.90 Å². The molecule has 0 radical (unpaired) electrons. The second-order valence-corrected chi connectivity index (χ2v) is 3.39. The van der Waals surface area contributed by atoms with Gasteiger partial charge in [-0.2, -0.15) is 5.26 Å². The molecule has 6 heteroatoms. The number of nitrogens with one attached hydrogen (secondary N) is 1. The minimum absolute atomic E-state index is 0.0258. The molecule has 3 amide bonds. The Morgan fingerprint density at radius 2 is 2.24 bits per heavy atom. The second-order valence-electron chi connectivity index (χ2n) is 3.39. The van der Waals surface area contributed by atoms with Gasteiger partial charge in [0.15, 0.2) is 0 Å². The first-order chi connectivity index (χ1) is 8.17. The van der Waals surface area contributed by atoms with Crippen molar-refractivity contribution in [3.8, 4) is 11.8 Å². The van der Waals surface area contributed by atoms with Crippen LogP contribution in [-0.4, -0.2) is 25.6 Å². The van der Waals surface area contributed by atoms with Gasteiger partial charge in [-0.05, 0) is 12.1 Å². The zero-order chi connectivity index (χ0) is 12.4. The zero-order valence-electron chi connectivity index (χ0n) is 9.06. The Bertz CT molecular complexity index is 517. The number of hydrogen-bond donors (Lipinski definition) is 1. The molecule has 0 aliphatic carbocycles. The predicted octanol–water partition coefficient (Wildman–Crippen LogP) is 0.623. The molecule has 1 fully saturated rings. The number of methoxy groups -OCH3 is 1. The number of imide groups is 1. The third-order valence-corrected chi connectivity index (χ3v) is 2.39. The largest absolute Gasteiger partial charge is 0.495 e. The van der Waals surface area contributed by atoms with Crippen LogP contribution in [0.5, 0.6) is 5.75 Å². The van der Waals surface area contributed by atoms with Gasteiger partial charge in [0.2, 0.25) is 0 Å². The van der Waals surface area contributed by atoms with Gasteiger partial charge >= 0.3 is 6.03 Å². The molecule has 1 aromatic rings. The van der Waals surface area contributed by atoms with Crippen molar-refractivity contribution in [1.29, 1.82) is 5.26 Å². The monoisotopic (exact) mass is 231 g/mol. The van der Waals surface area contributed by atoms with Gasteiger partial charge in [-0.3, -0.25) is 4.79 Å². The summed E-state index contributed by atoms with van der Waals surface area (Å²) in [5.41, 5.74) is 0.740. The van der Waals surface area contributed by atoms with Gasteiger partial charge in [0, 0.05) is 6.07 Å². The number of carbonyl (C=O) groups is 2. The van der Waals surface area contributed by atoms with Crippen molar-refractivity contribution in [2.75, 3.05) is 18.6 Å². The first kappa shape index (κ1) is 11.0. The molecule has 6 nitrogen and oxygen atoms in total. The van der Waals surface area contributed by atoms with Crippen molar-refractivity contribution in [3.05, 3.63) is 23.8 Å². The zero-order valence-corrected chi connectivity index (χ0v) is 9.06.